The van der Waals surface area contributed by atoms with E-state index in [-0.39, 0.29) is 16.3 Å². The monoisotopic (exact) mass is 417 g/mol. The van der Waals surface area contributed by atoms with Crippen LogP contribution < -0.4 is 5.32 Å². The first-order valence-corrected chi connectivity index (χ1v) is 10.8. The Morgan fingerprint density at radius 3 is 2.59 bits per heavy atom. The van der Waals surface area contributed by atoms with Crippen molar-refractivity contribution in [2.24, 2.45) is 0 Å². The lowest BCUT2D eigenvalue weighted by Gasteiger charge is -2.09. The molecule has 9 heteroatoms. The highest BCUT2D eigenvalue weighted by Gasteiger charge is 2.28. The van der Waals surface area contributed by atoms with Gasteiger partial charge in [0.05, 0.1) is 16.3 Å². The van der Waals surface area contributed by atoms with Gasteiger partial charge in [-0.3, -0.25) is 4.79 Å². The molecular formula is C20H17F2N3O3S. The molecule has 6 nitrogen and oxygen atoms in total. The first-order valence-electron chi connectivity index (χ1n) is 8.92. The van der Waals surface area contributed by atoms with Gasteiger partial charge in [0.2, 0.25) is 0 Å². The van der Waals surface area contributed by atoms with Crippen molar-refractivity contribution in [1.29, 1.82) is 0 Å². The van der Waals surface area contributed by atoms with E-state index >= 15 is 0 Å². The predicted molar refractivity (Wildman–Crippen MR) is 103 cm³/mol. The Labute approximate surface area is 166 Å². The number of nitrogens with one attached hydrogen (secondary N) is 1. The Kier molecular flexibility index (Phi) is 4.70. The average Bonchev–Trinajstić information content (AvgIpc) is 3.26. The summed E-state index contributed by atoms with van der Waals surface area (Å²) in [5, 5.41) is 6.95. The molecule has 2 aromatic carbocycles. The molecule has 1 amide bonds. The SMILES string of the molecule is CS(=O)(=O)c1ccccc1NC(=O)c1nn(-c2ccc(F)c(F)c2)c2c1CCC2. The molecule has 1 N–H and O–H groups in total. The van der Waals surface area contributed by atoms with E-state index in [0.29, 0.717) is 18.5 Å². The molecule has 4 rings (SSSR count). The summed E-state index contributed by atoms with van der Waals surface area (Å²) < 4.78 is 52.3. The van der Waals surface area contributed by atoms with Crippen LogP contribution in [0.3, 0.4) is 0 Å². The number of carbonyl (C=O) groups excluding carboxylic acids is 1. The fourth-order valence-electron chi connectivity index (χ4n) is 3.52. The van der Waals surface area contributed by atoms with Gasteiger partial charge in [0.1, 0.15) is 0 Å². The van der Waals surface area contributed by atoms with Crippen LogP contribution in [0, 0.1) is 11.6 Å². The van der Waals surface area contributed by atoms with Crippen LogP contribution in [-0.2, 0) is 22.7 Å². The summed E-state index contributed by atoms with van der Waals surface area (Å²) in [5.74, 6) is -2.52. The molecule has 0 saturated heterocycles. The Hall–Kier alpha value is -3.07. The summed E-state index contributed by atoms with van der Waals surface area (Å²) in [4.78, 5) is 12.9. The smallest absolute Gasteiger partial charge is 0.276 e. The number of fused-ring (bicyclic) bond motifs is 1. The average molecular weight is 417 g/mol. The fraction of sp³-hybridized carbons (Fsp3) is 0.200. The summed E-state index contributed by atoms with van der Waals surface area (Å²) in [6, 6.07) is 9.54. The van der Waals surface area contributed by atoms with Gasteiger partial charge in [-0.2, -0.15) is 5.10 Å². The molecule has 0 atom stereocenters. The largest absolute Gasteiger partial charge is 0.319 e. The number of nitrogens with zero attached hydrogens (tertiary/aromatic N) is 2. The molecule has 150 valence electrons. The predicted octanol–water partition coefficient (Wildman–Crippen LogP) is 3.30. The number of hydrogen-bond donors (Lipinski definition) is 1. The van der Waals surface area contributed by atoms with Crippen molar-refractivity contribution in [2.45, 2.75) is 24.2 Å². The maximum absolute atomic E-state index is 13.7. The molecule has 0 radical (unpaired) electrons. The number of hydrogen-bond acceptors (Lipinski definition) is 4. The van der Waals surface area contributed by atoms with E-state index in [1.807, 2.05) is 0 Å². The third kappa shape index (κ3) is 3.53. The molecule has 1 aliphatic rings. The minimum atomic E-state index is -3.54. The molecular weight excluding hydrogens is 400 g/mol. The standard InChI is InChI=1S/C20H17F2N3O3S/c1-29(27,28)18-8-3-2-6-16(18)23-20(26)19-13-5-4-7-17(13)25(24-19)12-9-10-14(21)15(22)11-12/h2-3,6,8-11H,4-5,7H2,1H3,(H,23,26). The summed E-state index contributed by atoms with van der Waals surface area (Å²) >= 11 is 0. The molecule has 29 heavy (non-hydrogen) atoms. The van der Waals surface area contributed by atoms with E-state index in [1.54, 1.807) is 12.1 Å². The number of sulfone groups is 1. The van der Waals surface area contributed by atoms with E-state index in [9.17, 15) is 22.0 Å². The second-order valence-corrected chi connectivity index (χ2v) is 8.84. The van der Waals surface area contributed by atoms with Crippen molar-refractivity contribution in [3.8, 4) is 5.69 Å². The quantitative estimate of drug-likeness (QED) is 0.706. The Bertz CT molecular complexity index is 1240. The topological polar surface area (TPSA) is 81.1 Å². The van der Waals surface area contributed by atoms with Crippen LogP contribution in [0.2, 0.25) is 0 Å². The first-order chi connectivity index (χ1) is 13.8. The lowest BCUT2D eigenvalue weighted by atomic mass is 10.2. The summed E-state index contributed by atoms with van der Waals surface area (Å²) in [7, 11) is -3.54. The van der Waals surface area contributed by atoms with Gasteiger partial charge < -0.3 is 5.32 Å². The lowest BCUT2D eigenvalue weighted by molar-refractivity contribution is 0.102. The Morgan fingerprint density at radius 1 is 1.10 bits per heavy atom. The Balaban J connectivity index is 1.74. The van der Waals surface area contributed by atoms with E-state index in [4.69, 9.17) is 0 Å². The molecule has 0 unspecified atom stereocenters. The van der Waals surface area contributed by atoms with Crippen molar-refractivity contribution in [3.05, 3.63) is 71.1 Å². The Morgan fingerprint density at radius 2 is 1.86 bits per heavy atom. The number of rotatable bonds is 4. The van der Waals surface area contributed by atoms with Gasteiger partial charge in [-0.05, 0) is 43.5 Å². The first kappa shape index (κ1) is 19.3. The van der Waals surface area contributed by atoms with E-state index in [2.05, 4.69) is 10.4 Å². The van der Waals surface area contributed by atoms with Gasteiger partial charge in [-0.1, -0.05) is 12.1 Å². The zero-order valence-electron chi connectivity index (χ0n) is 15.4. The van der Waals surface area contributed by atoms with Gasteiger partial charge >= 0.3 is 0 Å². The molecule has 0 spiro atoms. The number of anilines is 1. The minimum absolute atomic E-state index is 0.00466. The maximum atomic E-state index is 13.7. The van der Waals surface area contributed by atoms with Crippen LogP contribution in [0.25, 0.3) is 5.69 Å². The van der Waals surface area contributed by atoms with Gasteiger partial charge in [-0.25, -0.2) is 21.9 Å². The van der Waals surface area contributed by atoms with Crippen molar-refractivity contribution >= 4 is 21.4 Å². The van der Waals surface area contributed by atoms with Crippen LogP contribution in [0.15, 0.2) is 47.4 Å². The molecule has 0 fully saturated rings. The van der Waals surface area contributed by atoms with Crippen molar-refractivity contribution in [1.82, 2.24) is 9.78 Å². The molecule has 0 aliphatic heterocycles. The summed E-state index contributed by atoms with van der Waals surface area (Å²) in [6.07, 6.45) is 3.13. The third-order valence-corrected chi connectivity index (χ3v) is 5.98. The minimum Gasteiger partial charge on any atom is -0.319 e. The van der Waals surface area contributed by atoms with Crippen LogP contribution in [0.1, 0.15) is 28.2 Å². The molecule has 1 heterocycles. The maximum Gasteiger partial charge on any atom is 0.276 e. The van der Waals surface area contributed by atoms with E-state index in [0.717, 1.165) is 36.1 Å². The van der Waals surface area contributed by atoms with Gasteiger partial charge in [0.25, 0.3) is 5.91 Å². The van der Waals surface area contributed by atoms with Crippen LogP contribution >= 0.6 is 0 Å². The highest BCUT2D eigenvalue weighted by atomic mass is 32.2. The van der Waals surface area contributed by atoms with Crippen LogP contribution in [0.5, 0.6) is 0 Å². The number of aromatic nitrogens is 2. The van der Waals surface area contributed by atoms with Gasteiger partial charge in [0.15, 0.2) is 27.2 Å². The second-order valence-electron chi connectivity index (χ2n) is 6.86. The second kappa shape index (κ2) is 7.07. The molecule has 1 aromatic heterocycles. The lowest BCUT2D eigenvalue weighted by Crippen LogP contribution is -2.17. The van der Waals surface area contributed by atoms with Crippen molar-refractivity contribution < 1.29 is 22.0 Å². The van der Waals surface area contributed by atoms with E-state index < -0.39 is 27.4 Å². The zero-order chi connectivity index (χ0) is 20.8. The van der Waals surface area contributed by atoms with Crippen LogP contribution in [0.4, 0.5) is 14.5 Å². The van der Waals surface area contributed by atoms with Crippen molar-refractivity contribution in [3.63, 3.8) is 0 Å². The molecule has 0 saturated carbocycles. The van der Waals surface area contributed by atoms with Gasteiger partial charge in [-0.15, -0.1) is 0 Å². The number of benzene rings is 2. The van der Waals surface area contributed by atoms with Gasteiger partial charge in [0, 0.05) is 23.6 Å². The normalized spacial score (nSPS) is 13.3. The number of amides is 1. The summed E-state index contributed by atoms with van der Waals surface area (Å²) in [6.45, 7) is 0. The fourth-order valence-corrected chi connectivity index (χ4v) is 4.37. The van der Waals surface area contributed by atoms with E-state index in [1.165, 1.54) is 22.9 Å². The molecule has 0 bridgehead atoms. The number of carbonyl (C=O) groups is 1. The van der Waals surface area contributed by atoms with Crippen molar-refractivity contribution in [2.75, 3.05) is 11.6 Å². The highest BCUT2D eigenvalue weighted by Crippen LogP contribution is 2.29. The number of para-hydroxylation sites is 1. The van der Waals surface area contributed by atoms with Crippen LogP contribution in [-0.4, -0.2) is 30.4 Å². The summed E-state index contributed by atoms with van der Waals surface area (Å²) in [5.41, 5.74) is 2.11. The number of halogens is 2. The molecule has 1 aliphatic carbocycles. The third-order valence-electron chi connectivity index (χ3n) is 4.83. The molecule has 3 aromatic rings. The zero-order valence-corrected chi connectivity index (χ0v) is 16.3. The highest BCUT2D eigenvalue weighted by molar-refractivity contribution is 7.90.